The molecule has 0 radical (unpaired) electrons. The first kappa shape index (κ1) is 26.3. The van der Waals surface area contributed by atoms with Gasteiger partial charge in [-0.1, -0.05) is 24.3 Å². The van der Waals surface area contributed by atoms with Gasteiger partial charge in [0.15, 0.2) is 0 Å². The van der Waals surface area contributed by atoms with Crippen molar-refractivity contribution in [2.75, 3.05) is 26.7 Å². The number of amides is 1. The van der Waals surface area contributed by atoms with E-state index in [4.69, 9.17) is 4.74 Å². The summed E-state index contributed by atoms with van der Waals surface area (Å²) in [6, 6.07) is 14.4. The summed E-state index contributed by atoms with van der Waals surface area (Å²) in [5.74, 6) is 1.17. The zero-order valence-corrected chi connectivity index (χ0v) is 23.2. The van der Waals surface area contributed by atoms with Crippen LogP contribution in [-0.4, -0.2) is 58.3 Å². The van der Waals surface area contributed by atoms with Crippen molar-refractivity contribution >= 4 is 38.4 Å². The van der Waals surface area contributed by atoms with Gasteiger partial charge >= 0.3 is 6.09 Å². The quantitative estimate of drug-likeness (QED) is 0.299. The van der Waals surface area contributed by atoms with E-state index in [0.717, 1.165) is 70.3 Å². The van der Waals surface area contributed by atoms with Crippen molar-refractivity contribution in [2.24, 2.45) is 5.92 Å². The molecule has 2 N–H and O–H groups in total. The largest absolute Gasteiger partial charge is 0.496 e. The van der Waals surface area contributed by atoms with Crippen molar-refractivity contribution in [3.8, 4) is 16.9 Å². The third-order valence-electron chi connectivity index (χ3n) is 7.61. The summed E-state index contributed by atoms with van der Waals surface area (Å²) in [5.41, 5.74) is 3.62. The van der Waals surface area contributed by atoms with Crippen molar-refractivity contribution in [3.05, 3.63) is 63.8 Å². The smallest absolute Gasteiger partial charge is 0.407 e. The Hall–Kier alpha value is -3.36. The number of aromatic nitrogens is 1. The second kappa shape index (κ2) is 10.4. The molecule has 0 aliphatic carbocycles. The lowest BCUT2D eigenvalue weighted by atomic mass is 9.93. The molecule has 38 heavy (non-hydrogen) atoms. The molecular formula is C30H35N3O4S. The Balaban J connectivity index is 1.32. The van der Waals surface area contributed by atoms with E-state index in [1.165, 1.54) is 16.9 Å². The van der Waals surface area contributed by atoms with Crippen molar-refractivity contribution in [2.45, 2.75) is 45.7 Å². The van der Waals surface area contributed by atoms with E-state index in [9.17, 15) is 14.7 Å². The van der Waals surface area contributed by atoms with Gasteiger partial charge in [0.1, 0.15) is 10.4 Å². The van der Waals surface area contributed by atoms with Crippen molar-refractivity contribution in [3.63, 3.8) is 0 Å². The third kappa shape index (κ3) is 5.15. The van der Waals surface area contributed by atoms with Gasteiger partial charge in [0.05, 0.1) is 7.11 Å². The number of fused-ring (bicyclic) bond motifs is 3. The van der Waals surface area contributed by atoms with E-state index in [-0.39, 0.29) is 11.1 Å². The highest BCUT2D eigenvalue weighted by Gasteiger charge is 2.30. The second-order valence-corrected chi connectivity index (χ2v) is 12.1. The number of hydrogen-bond donors (Lipinski definition) is 2. The molecule has 1 fully saturated rings. The maximum atomic E-state index is 12.5. The van der Waals surface area contributed by atoms with Gasteiger partial charge in [-0.15, -0.1) is 11.3 Å². The predicted molar refractivity (Wildman–Crippen MR) is 154 cm³/mol. The molecule has 200 valence electrons. The number of nitrogens with zero attached hydrogens (tertiary/aromatic N) is 2. The zero-order valence-electron chi connectivity index (χ0n) is 22.4. The monoisotopic (exact) mass is 533 g/mol. The molecule has 0 unspecified atom stereocenters. The normalized spacial score (nSPS) is 15.3. The van der Waals surface area contributed by atoms with E-state index < -0.39 is 6.09 Å². The number of rotatable bonds is 6. The molecular weight excluding hydrogens is 498 g/mol. The molecule has 0 bridgehead atoms. The number of ether oxygens (including phenoxy) is 1. The number of carboxylic acid groups (broad SMARTS) is 1. The van der Waals surface area contributed by atoms with Gasteiger partial charge in [-0.3, -0.25) is 9.69 Å². The second-order valence-electron chi connectivity index (χ2n) is 11.2. The SMILES string of the molecule is COc1ccc2[nH]c(=O)c3sccc3c2c1-c1ccc(CN2CCC(CN(C(=O)O)C(C)(C)C)CC2)cc1. The summed E-state index contributed by atoms with van der Waals surface area (Å²) in [6.07, 6.45) is 1.16. The maximum absolute atomic E-state index is 12.5. The molecule has 0 spiro atoms. The average molecular weight is 534 g/mol. The van der Waals surface area contributed by atoms with Crippen molar-refractivity contribution < 1.29 is 14.6 Å². The Bertz CT molecular complexity index is 1510. The minimum absolute atomic E-state index is 0.0631. The third-order valence-corrected chi connectivity index (χ3v) is 8.53. The fourth-order valence-corrected chi connectivity index (χ4v) is 6.34. The molecule has 1 aliphatic heterocycles. The molecule has 7 nitrogen and oxygen atoms in total. The van der Waals surface area contributed by atoms with Crippen LogP contribution in [0.2, 0.25) is 0 Å². The molecule has 4 aromatic rings. The fourth-order valence-electron chi connectivity index (χ4n) is 5.54. The van der Waals surface area contributed by atoms with Gasteiger partial charge in [-0.25, -0.2) is 4.79 Å². The lowest BCUT2D eigenvalue weighted by Crippen LogP contribution is -2.48. The fraction of sp³-hybridized carbons (Fsp3) is 0.400. The average Bonchev–Trinajstić information content (AvgIpc) is 3.38. The van der Waals surface area contributed by atoms with Gasteiger partial charge < -0.3 is 19.7 Å². The molecule has 5 rings (SSSR count). The number of H-pyrrole nitrogens is 1. The zero-order chi connectivity index (χ0) is 27.0. The number of thiophene rings is 1. The molecule has 1 aliphatic rings. The first-order valence-corrected chi connectivity index (χ1v) is 14.0. The van der Waals surface area contributed by atoms with Gasteiger partial charge in [0.25, 0.3) is 5.56 Å². The minimum atomic E-state index is -0.839. The number of carbonyl (C=O) groups is 1. The number of pyridine rings is 1. The van der Waals surface area contributed by atoms with Crippen LogP contribution in [0.4, 0.5) is 4.79 Å². The van der Waals surface area contributed by atoms with Crippen LogP contribution in [0, 0.1) is 5.92 Å². The number of hydrogen-bond acceptors (Lipinski definition) is 5. The van der Waals surface area contributed by atoms with E-state index in [1.54, 1.807) is 12.0 Å². The summed E-state index contributed by atoms with van der Waals surface area (Å²) in [6.45, 7) is 9.25. The summed E-state index contributed by atoms with van der Waals surface area (Å²) in [7, 11) is 1.68. The number of nitrogens with one attached hydrogen (secondary N) is 1. The van der Waals surface area contributed by atoms with E-state index in [0.29, 0.717) is 12.5 Å². The molecule has 2 aromatic heterocycles. The molecule has 0 saturated carbocycles. The Morgan fingerprint density at radius 2 is 1.84 bits per heavy atom. The Morgan fingerprint density at radius 1 is 1.13 bits per heavy atom. The molecule has 2 aromatic carbocycles. The highest BCUT2D eigenvalue weighted by atomic mass is 32.1. The van der Waals surface area contributed by atoms with Crippen LogP contribution in [0.15, 0.2) is 52.6 Å². The van der Waals surface area contributed by atoms with E-state index in [1.807, 2.05) is 44.4 Å². The van der Waals surface area contributed by atoms with E-state index in [2.05, 4.69) is 34.1 Å². The van der Waals surface area contributed by atoms with Crippen LogP contribution < -0.4 is 10.3 Å². The van der Waals surface area contributed by atoms with Crippen molar-refractivity contribution in [1.29, 1.82) is 0 Å². The number of methoxy groups -OCH3 is 1. The summed E-state index contributed by atoms with van der Waals surface area (Å²) < 4.78 is 6.47. The Kier molecular flexibility index (Phi) is 7.20. The lowest BCUT2D eigenvalue weighted by molar-refractivity contribution is 0.0733. The molecule has 1 saturated heterocycles. The number of benzene rings is 2. The van der Waals surface area contributed by atoms with Crippen LogP contribution in [0.1, 0.15) is 39.2 Å². The highest BCUT2D eigenvalue weighted by molar-refractivity contribution is 7.17. The van der Waals surface area contributed by atoms with Gasteiger partial charge in [-0.2, -0.15) is 0 Å². The highest BCUT2D eigenvalue weighted by Crippen LogP contribution is 2.40. The Labute approximate surface area is 226 Å². The van der Waals surface area contributed by atoms with Crippen LogP contribution >= 0.6 is 11.3 Å². The summed E-state index contributed by atoms with van der Waals surface area (Å²) in [5, 5.41) is 13.5. The van der Waals surface area contributed by atoms with Crippen LogP contribution in [-0.2, 0) is 6.54 Å². The predicted octanol–water partition coefficient (Wildman–Crippen LogP) is 6.41. The molecule has 1 amide bonds. The minimum Gasteiger partial charge on any atom is -0.496 e. The van der Waals surface area contributed by atoms with Gasteiger partial charge in [-0.05, 0) is 87.3 Å². The van der Waals surface area contributed by atoms with Gasteiger partial charge in [0, 0.05) is 40.5 Å². The van der Waals surface area contributed by atoms with E-state index >= 15 is 0 Å². The number of likely N-dealkylation sites (tertiary alicyclic amines) is 1. The maximum Gasteiger partial charge on any atom is 0.407 e. The standard InChI is InChI=1S/C30H35N3O4S/c1-30(2,3)33(29(35)36)18-20-11-14-32(15-12-20)17-19-5-7-21(8-6-19)25-24(37-4)10-9-23-26(25)22-13-16-38-27(22)28(34)31-23/h5-10,13,16,20H,11-12,14-15,17-18H2,1-4H3,(H,31,34)(H,35,36). The lowest BCUT2D eigenvalue weighted by Gasteiger charge is -2.39. The molecule has 0 atom stereocenters. The first-order valence-electron chi connectivity index (χ1n) is 13.1. The van der Waals surface area contributed by atoms with Crippen molar-refractivity contribution in [1.82, 2.24) is 14.8 Å². The number of piperidine rings is 1. The topological polar surface area (TPSA) is 85.9 Å². The summed E-state index contributed by atoms with van der Waals surface area (Å²) >= 11 is 1.45. The van der Waals surface area contributed by atoms with Crippen LogP contribution in [0.5, 0.6) is 5.75 Å². The van der Waals surface area contributed by atoms with Crippen LogP contribution in [0.3, 0.4) is 0 Å². The van der Waals surface area contributed by atoms with Gasteiger partial charge in [0.2, 0.25) is 0 Å². The molecule has 8 heteroatoms. The first-order chi connectivity index (χ1) is 18.2. The number of aromatic amines is 1. The van der Waals surface area contributed by atoms with Crippen LogP contribution in [0.25, 0.3) is 32.1 Å². The molecule has 3 heterocycles. The summed E-state index contributed by atoms with van der Waals surface area (Å²) in [4.78, 5) is 31.3. The Morgan fingerprint density at radius 3 is 2.47 bits per heavy atom.